The molecule has 1 aliphatic carbocycles. The van der Waals surface area contributed by atoms with Gasteiger partial charge in [-0.3, -0.25) is 0 Å². The van der Waals surface area contributed by atoms with Crippen LogP contribution in [0.15, 0.2) is 30.3 Å². The van der Waals surface area contributed by atoms with Crippen LogP contribution in [0, 0.1) is 5.92 Å². The van der Waals surface area contributed by atoms with Gasteiger partial charge in [0.1, 0.15) is 0 Å². The zero-order chi connectivity index (χ0) is 12.8. The fourth-order valence-electron chi connectivity index (χ4n) is 2.71. The third-order valence-corrected chi connectivity index (χ3v) is 4.02. The highest BCUT2D eigenvalue weighted by Gasteiger charge is 2.25. The van der Waals surface area contributed by atoms with Crippen LogP contribution in [0.4, 0.5) is 0 Å². The molecule has 2 atom stereocenters. The second-order valence-electron chi connectivity index (χ2n) is 5.70. The van der Waals surface area contributed by atoms with E-state index in [9.17, 15) is 0 Å². The summed E-state index contributed by atoms with van der Waals surface area (Å²) in [6.07, 6.45) is 8.04. The Morgan fingerprint density at radius 3 is 2.44 bits per heavy atom. The summed E-state index contributed by atoms with van der Waals surface area (Å²) in [6.45, 7) is 4.59. The van der Waals surface area contributed by atoms with Gasteiger partial charge >= 0.3 is 0 Å². The van der Waals surface area contributed by atoms with Crippen molar-refractivity contribution in [3.63, 3.8) is 0 Å². The maximum Gasteiger partial charge on any atom is 0.0322 e. The Morgan fingerprint density at radius 2 is 1.89 bits per heavy atom. The lowest BCUT2D eigenvalue weighted by molar-refractivity contribution is 0.375. The Labute approximate surface area is 112 Å². The van der Waals surface area contributed by atoms with Crippen LogP contribution in [0.25, 0.3) is 0 Å². The first-order valence-corrected chi connectivity index (χ1v) is 7.64. The van der Waals surface area contributed by atoms with Crippen LogP contribution < -0.4 is 5.32 Å². The number of nitrogens with one attached hydrogen (secondary N) is 1. The molecule has 0 spiro atoms. The molecule has 2 rings (SSSR count). The van der Waals surface area contributed by atoms with Crippen LogP contribution in [0.2, 0.25) is 0 Å². The topological polar surface area (TPSA) is 12.0 Å². The van der Waals surface area contributed by atoms with Crippen molar-refractivity contribution >= 4 is 0 Å². The highest BCUT2D eigenvalue weighted by Crippen LogP contribution is 2.34. The van der Waals surface area contributed by atoms with Gasteiger partial charge in [-0.2, -0.15) is 0 Å². The molecule has 1 saturated carbocycles. The SMILES string of the molecule is CCCC(NC(CC)CC1CC1)c1ccccc1. The first kappa shape index (κ1) is 13.6. The van der Waals surface area contributed by atoms with E-state index in [4.69, 9.17) is 0 Å². The smallest absolute Gasteiger partial charge is 0.0322 e. The first-order valence-electron chi connectivity index (χ1n) is 7.64. The monoisotopic (exact) mass is 245 g/mol. The van der Waals surface area contributed by atoms with Crippen molar-refractivity contribution in [2.75, 3.05) is 0 Å². The van der Waals surface area contributed by atoms with E-state index in [0.29, 0.717) is 12.1 Å². The molecule has 1 N–H and O–H groups in total. The zero-order valence-electron chi connectivity index (χ0n) is 11.9. The maximum absolute atomic E-state index is 3.89. The Balaban J connectivity index is 1.95. The van der Waals surface area contributed by atoms with E-state index >= 15 is 0 Å². The minimum absolute atomic E-state index is 0.542. The second kappa shape index (κ2) is 6.94. The van der Waals surface area contributed by atoms with E-state index in [0.717, 1.165) is 5.92 Å². The Kier molecular flexibility index (Phi) is 5.25. The van der Waals surface area contributed by atoms with Gasteiger partial charge in [-0.05, 0) is 30.7 Å². The molecule has 1 heteroatoms. The molecule has 2 unspecified atom stereocenters. The molecule has 0 aromatic heterocycles. The molecule has 18 heavy (non-hydrogen) atoms. The third-order valence-electron chi connectivity index (χ3n) is 4.02. The van der Waals surface area contributed by atoms with Crippen molar-refractivity contribution in [2.45, 2.75) is 64.5 Å². The molecule has 1 nitrogen and oxygen atoms in total. The second-order valence-corrected chi connectivity index (χ2v) is 5.70. The molecule has 100 valence electrons. The number of hydrogen-bond donors (Lipinski definition) is 1. The van der Waals surface area contributed by atoms with Gasteiger partial charge in [0.05, 0.1) is 0 Å². The lowest BCUT2D eigenvalue weighted by Gasteiger charge is -2.25. The van der Waals surface area contributed by atoms with Gasteiger partial charge in [-0.15, -0.1) is 0 Å². The molecule has 1 aliphatic rings. The maximum atomic E-state index is 3.89. The molecule has 1 aromatic rings. The summed E-state index contributed by atoms with van der Waals surface area (Å²) in [5, 5.41) is 3.89. The van der Waals surface area contributed by atoms with E-state index in [1.165, 1.54) is 44.1 Å². The summed E-state index contributed by atoms with van der Waals surface area (Å²) in [7, 11) is 0. The van der Waals surface area contributed by atoms with Gasteiger partial charge in [0.2, 0.25) is 0 Å². The fourth-order valence-corrected chi connectivity index (χ4v) is 2.71. The van der Waals surface area contributed by atoms with Gasteiger partial charge < -0.3 is 5.32 Å². The molecule has 0 saturated heterocycles. The first-order chi connectivity index (χ1) is 8.83. The van der Waals surface area contributed by atoms with Crippen LogP contribution in [-0.2, 0) is 0 Å². The highest BCUT2D eigenvalue weighted by atomic mass is 14.9. The summed E-state index contributed by atoms with van der Waals surface area (Å²) >= 11 is 0. The summed E-state index contributed by atoms with van der Waals surface area (Å²) in [5.74, 6) is 1.01. The van der Waals surface area contributed by atoms with E-state index in [1.807, 2.05) is 0 Å². The molecular formula is C17H27N. The Bertz CT molecular complexity index is 329. The summed E-state index contributed by atoms with van der Waals surface area (Å²) in [4.78, 5) is 0. The van der Waals surface area contributed by atoms with Crippen LogP contribution >= 0.6 is 0 Å². The molecule has 0 aliphatic heterocycles. The van der Waals surface area contributed by atoms with E-state index in [1.54, 1.807) is 0 Å². The number of hydrogen-bond acceptors (Lipinski definition) is 1. The Hall–Kier alpha value is -0.820. The molecular weight excluding hydrogens is 218 g/mol. The molecule has 0 radical (unpaired) electrons. The van der Waals surface area contributed by atoms with Crippen molar-refractivity contribution in [1.82, 2.24) is 5.32 Å². The van der Waals surface area contributed by atoms with Crippen LogP contribution in [-0.4, -0.2) is 6.04 Å². The van der Waals surface area contributed by atoms with Gasteiger partial charge in [0, 0.05) is 12.1 Å². The van der Waals surface area contributed by atoms with Crippen LogP contribution in [0.1, 0.15) is 64.0 Å². The van der Waals surface area contributed by atoms with Gasteiger partial charge in [0.25, 0.3) is 0 Å². The summed E-state index contributed by atoms with van der Waals surface area (Å²) < 4.78 is 0. The molecule has 0 bridgehead atoms. The summed E-state index contributed by atoms with van der Waals surface area (Å²) in [6, 6.07) is 12.2. The average molecular weight is 245 g/mol. The van der Waals surface area contributed by atoms with Crippen LogP contribution in [0.5, 0.6) is 0 Å². The van der Waals surface area contributed by atoms with Crippen molar-refractivity contribution in [2.24, 2.45) is 5.92 Å². The predicted octanol–water partition coefficient (Wildman–Crippen LogP) is 4.70. The quantitative estimate of drug-likeness (QED) is 0.700. The van der Waals surface area contributed by atoms with Crippen molar-refractivity contribution < 1.29 is 0 Å². The van der Waals surface area contributed by atoms with E-state index in [-0.39, 0.29) is 0 Å². The molecule has 1 fully saturated rings. The van der Waals surface area contributed by atoms with Crippen molar-refractivity contribution in [3.8, 4) is 0 Å². The number of rotatable bonds is 8. The number of benzene rings is 1. The van der Waals surface area contributed by atoms with Gasteiger partial charge in [0.15, 0.2) is 0 Å². The zero-order valence-corrected chi connectivity index (χ0v) is 11.9. The highest BCUT2D eigenvalue weighted by molar-refractivity contribution is 5.19. The largest absolute Gasteiger partial charge is 0.307 e. The van der Waals surface area contributed by atoms with Crippen molar-refractivity contribution in [3.05, 3.63) is 35.9 Å². The third kappa shape index (κ3) is 4.13. The summed E-state index contributed by atoms with van der Waals surface area (Å²) in [5.41, 5.74) is 1.45. The lowest BCUT2D eigenvalue weighted by Crippen LogP contribution is -2.32. The average Bonchev–Trinajstić information content (AvgIpc) is 3.22. The van der Waals surface area contributed by atoms with Crippen molar-refractivity contribution in [1.29, 1.82) is 0 Å². The molecule has 1 aromatic carbocycles. The minimum atomic E-state index is 0.542. The van der Waals surface area contributed by atoms with Gasteiger partial charge in [-0.1, -0.05) is 63.4 Å². The normalized spacial score (nSPS) is 18.6. The predicted molar refractivity (Wildman–Crippen MR) is 78.6 cm³/mol. The Morgan fingerprint density at radius 1 is 1.17 bits per heavy atom. The minimum Gasteiger partial charge on any atom is -0.307 e. The van der Waals surface area contributed by atoms with Gasteiger partial charge in [-0.25, -0.2) is 0 Å². The fraction of sp³-hybridized carbons (Fsp3) is 0.647. The standard InChI is InChI=1S/C17H27N/c1-3-8-17(15-9-6-5-7-10-15)18-16(4-2)13-14-11-12-14/h5-7,9-10,14,16-18H,3-4,8,11-13H2,1-2H3. The van der Waals surface area contributed by atoms with E-state index in [2.05, 4.69) is 49.5 Å². The van der Waals surface area contributed by atoms with E-state index < -0.39 is 0 Å². The lowest BCUT2D eigenvalue weighted by atomic mass is 9.99. The molecule has 0 heterocycles. The molecule has 0 amide bonds. The van der Waals surface area contributed by atoms with Crippen LogP contribution in [0.3, 0.4) is 0 Å².